The van der Waals surface area contributed by atoms with Crippen molar-refractivity contribution >= 4 is 39.2 Å². The maximum absolute atomic E-state index is 12.6. The summed E-state index contributed by atoms with van der Waals surface area (Å²) in [6.07, 6.45) is 5.57. The predicted molar refractivity (Wildman–Crippen MR) is 132 cm³/mol. The van der Waals surface area contributed by atoms with Crippen LogP contribution in [0.15, 0.2) is 23.0 Å². The Bertz CT molecular complexity index is 1170. The van der Waals surface area contributed by atoms with E-state index in [1.54, 1.807) is 30.2 Å². The van der Waals surface area contributed by atoms with Crippen molar-refractivity contribution in [2.75, 3.05) is 19.4 Å². The number of rotatable bonds is 9. The molecule has 2 aromatic heterocycles. The lowest BCUT2D eigenvalue weighted by molar-refractivity contribution is -0.120. The van der Waals surface area contributed by atoms with Crippen LogP contribution in [0.2, 0.25) is 0 Å². The summed E-state index contributed by atoms with van der Waals surface area (Å²) in [7, 11) is 1.66. The number of benzene rings is 1. The van der Waals surface area contributed by atoms with Crippen LogP contribution in [-0.2, 0) is 29.8 Å². The van der Waals surface area contributed by atoms with Gasteiger partial charge in [0.15, 0.2) is 0 Å². The molecule has 0 aliphatic heterocycles. The Balaban J connectivity index is 1.23. The first kappa shape index (κ1) is 22.9. The van der Waals surface area contributed by atoms with Crippen LogP contribution in [0, 0.1) is 6.92 Å². The van der Waals surface area contributed by atoms with Crippen molar-refractivity contribution in [1.29, 1.82) is 0 Å². The van der Waals surface area contributed by atoms with Crippen molar-refractivity contribution in [2.24, 2.45) is 0 Å². The average molecular weight is 472 g/mol. The molecule has 1 aliphatic rings. The lowest BCUT2D eigenvalue weighted by atomic mass is 9.97. The topological polar surface area (TPSA) is 84.1 Å². The number of aromatic nitrogens is 2. The van der Waals surface area contributed by atoms with Gasteiger partial charge >= 0.3 is 0 Å². The highest BCUT2D eigenvalue weighted by Gasteiger charge is 2.19. The first-order valence-corrected chi connectivity index (χ1v) is 13.0. The van der Waals surface area contributed by atoms with E-state index in [2.05, 4.69) is 16.4 Å². The predicted octanol–water partition coefficient (Wildman–Crippen LogP) is 4.16. The van der Waals surface area contributed by atoms with Gasteiger partial charge in [-0.1, -0.05) is 17.7 Å². The fraction of sp³-hybridized carbons (Fsp3) is 0.458. The Hall–Kier alpha value is -2.32. The minimum absolute atomic E-state index is 0.0191. The van der Waals surface area contributed by atoms with E-state index in [4.69, 9.17) is 9.72 Å². The molecule has 1 amide bonds. The minimum Gasteiger partial charge on any atom is -0.496 e. The Kier molecular flexibility index (Phi) is 7.52. The number of hydrogen-bond donors (Lipinski definition) is 2. The number of amides is 1. The Morgan fingerprint density at radius 3 is 3.00 bits per heavy atom. The van der Waals surface area contributed by atoms with Crippen molar-refractivity contribution in [3.05, 3.63) is 55.9 Å². The van der Waals surface area contributed by atoms with Crippen LogP contribution in [0.5, 0.6) is 5.75 Å². The van der Waals surface area contributed by atoms with E-state index in [1.807, 2.05) is 19.1 Å². The number of H-pyrrole nitrogens is 1. The van der Waals surface area contributed by atoms with Crippen LogP contribution in [-0.4, -0.2) is 35.3 Å². The third-order valence-electron chi connectivity index (χ3n) is 5.74. The molecular formula is C24H29N3O3S2. The van der Waals surface area contributed by atoms with Crippen LogP contribution < -0.4 is 15.6 Å². The molecule has 0 radical (unpaired) electrons. The zero-order chi connectivity index (χ0) is 22.5. The molecule has 0 saturated carbocycles. The maximum atomic E-state index is 12.6. The van der Waals surface area contributed by atoms with Crippen LogP contribution >= 0.6 is 23.1 Å². The van der Waals surface area contributed by atoms with Crippen molar-refractivity contribution in [3.8, 4) is 5.75 Å². The lowest BCUT2D eigenvalue weighted by Crippen LogP contribution is -2.26. The fourth-order valence-electron chi connectivity index (χ4n) is 4.14. The Labute approximate surface area is 196 Å². The normalized spacial score (nSPS) is 13.2. The number of thiophene rings is 1. The largest absolute Gasteiger partial charge is 0.496 e. The molecule has 0 saturated heterocycles. The third-order valence-corrected chi connectivity index (χ3v) is 7.89. The van der Waals surface area contributed by atoms with Gasteiger partial charge in [0.25, 0.3) is 5.56 Å². The molecule has 1 aromatic carbocycles. The standard InChI is InChI=1S/C24H29N3O3S2/c1-15-7-8-18(30-2)16(13-15)9-11-25-21(28)10-12-31-14-20-26-23(29)22-17-5-3-4-6-19(17)32-24(22)27-20/h7-8,13H,3-6,9-12,14H2,1-2H3,(H,25,28)(H,26,27,29). The van der Waals surface area contributed by atoms with Crippen molar-refractivity contribution in [3.63, 3.8) is 0 Å². The van der Waals surface area contributed by atoms with E-state index in [0.717, 1.165) is 47.2 Å². The quantitative estimate of drug-likeness (QED) is 0.458. The van der Waals surface area contributed by atoms with Crippen LogP contribution in [0.1, 0.15) is 46.7 Å². The van der Waals surface area contributed by atoms with Gasteiger partial charge < -0.3 is 15.0 Å². The molecule has 2 heterocycles. The van der Waals surface area contributed by atoms with E-state index in [1.165, 1.54) is 22.4 Å². The van der Waals surface area contributed by atoms with Gasteiger partial charge in [-0.25, -0.2) is 4.98 Å². The number of aryl methyl sites for hydroxylation is 3. The number of ether oxygens (including phenoxy) is 1. The summed E-state index contributed by atoms with van der Waals surface area (Å²) in [5, 5.41) is 3.78. The second-order valence-corrected chi connectivity index (χ2v) is 10.3. The molecular weight excluding hydrogens is 442 g/mol. The van der Waals surface area contributed by atoms with E-state index in [-0.39, 0.29) is 11.5 Å². The highest BCUT2D eigenvalue weighted by Crippen LogP contribution is 2.33. The van der Waals surface area contributed by atoms with Crippen LogP contribution in [0.3, 0.4) is 0 Å². The molecule has 3 aromatic rings. The fourth-order valence-corrected chi connectivity index (χ4v) is 6.22. The van der Waals surface area contributed by atoms with Gasteiger partial charge in [0, 0.05) is 23.6 Å². The number of nitrogens with one attached hydrogen (secondary N) is 2. The molecule has 32 heavy (non-hydrogen) atoms. The van der Waals surface area contributed by atoms with Gasteiger partial charge in [0.2, 0.25) is 5.91 Å². The number of methoxy groups -OCH3 is 1. The molecule has 2 N–H and O–H groups in total. The van der Waals surface area contributed by atoms with E-state index < -0.39 is 0 Å². The molecule has 0 atom stereocenters. The van der Waals surface area contributed by atoms with E-state index in [0.29, 0.717) is 30.3 Å². The van der Waals surface area contributed by atoms with Crippen molar-refractivity contribution in [2.45, 2.75) is 51.2 Å². The molecule has 4 rings (SSSR count). The summed E-state index contributed by atoms with van der Waals surface area (Å²) in [6, 6.07) is 6.07. The SMILES string of the molecule is COc1ccc(C)cc1CCNC(=O)CCSCc1nc2sc3c(c2c(=O)[nH]1)CCCC3. The zero-order valence-electron chi connectivity index (χ0n) is 18.6. The average Bonchev–Trinajstić information content (AvgIpc) is 3.16. The highest BCUT2D eigenvalue weighted by atomic mass is 32.2. The minimum atomic E-state index is -0.0191. The number of aromatic amines is 1. The molecule has 1 aliphatic carbocycles. The number of fused-ring (bicyclic) bond motifs is 3. The highest BCUT2D eigenvalue weighted by molar-refractivity contribution is 7.98. The molecule has 0 bridgehead atoms. The third kappa shape index (κ3) is 5.35. The molecule has 0 spiro atoms. The molecule has 170 valence electrons. The summed E-state index contributed by atoms with van der Waals surface area (Å²) in [5.74, 6) is 2.86. The monoisotopic (exact) mass is 471 g/mol. The summed E-state index contributed by atoms with van der Waals surface area (Å²) in [6.45, 7) is 2.63. The first-order chi connectivity index (χ1) is 15.5. The van der Waals surface area contributed by atoms with Crippen LogP contribution in [0.4, 0.5) is 0 Å². The number of hydrogen-bond acceptors (Lipinski definition) is 6. The van der Waals surface area contributed by atoms with Gasteiger partial charge in [-0.05, 0) is 56.2 Å². The maximum Gasteiger partial charge on any atom is 0.259 e. The van der Waals surface area contributed by atoms with Gasteiger partial charge in [0.1, 0.15) is 16.4 Å². The zero-order valence-corrected chi connectivity index (χ0v) is 20.2. The summed E-state index contributed by atoms with van der Waals surface area (Å²) in [4.78, 5) is 34.6. The Morgan fingerprint density at radius 1 is 1.31 bits per heavy atom. The van der Waals surface area contributed by atoms with Crippen molar-refractivity contribution in [1.82, 2.24) is 15.3 Å². The van der Waals surface area contributed by atoms with E-state index in [9.17, 15) is 9.59 Å². The summed E-state index contributed by atoms with van der Waals surface area (Å²) >= 11 is 3.29. The molecule has 0 unspecified atom stereocenters. The van der Waals surface area contributed by atoms with Crippen molar-refractivity contribution < 1.29 is 9.53 Å². The smallest absolute Gasteiger partial charge is 0.259 e. The summed E-state index contributed by atoms with van der Waals surface area (Å²) < 4.78 is 5.39. The molecule has 6 nitrogen and oxygen atoms in total. The van der Waals surface area contributed by atoms with Crippen LogP contribution in [0.25, 0.3) is 10.2 Å². The number of carbonyl (C=O) groups is 1. The number of nitrogens with zero attached hydrogens (tertiary/aromatic N) is 1. The Morgan fingerprint density at radius 2 is 2.16 bits per heavy atom. The first-order valence-electron chi connectivity index (χ1n) is 11.1. The summed E-state index contributed by atoms with van der Waals surface area (Å²) in [5.41, 5.74) is 3.47. The van der Waals surface area contributed by atoms with Gasteiger partial charge in [-0.2, -0.15) is 11.8 Å². The van der Waals surface area contributed by atoms with Gasteiger partial charge in [0.05, 0.1) is 18.2 Å². The van der Waals surface area contributed by atoms with E-state index >= 15 is 0 Å². The second kappa shape index (κ2) is 10.5. The van der Waals surface area contributed by atoms with Gasteiger partial charge in [-0.15, -0.1) is 11.3 Å². The lowest BCUT2D eigenvalue weighted by Gasteiger charge is -2.10. The number of thioether (sulfide) groups is 1. The molecule has 0 fully saturated rings. The second-order valence-electron chi connectivity index (χ2n) is 8.12. The molecule has 8 heteroatoms. The number of carbonyl (C=O) groups excluding carboxylic acids is 1. The van der Waals surface area contributed by atoms with Gasteiger partial charge in [-0.3, -0.25) is 9.59 Å².